The molecule has 4 aromatic carbocycles. The summed E-state index contributed by atoms with van der Waals surface area (Å²) in [4.78, 5) is 3.66. The smallest absolute Gasteiger partial charge is 0.228 e. The molecule has 0 spiro atoms. The second kappa shape index (κ2) is 25.9. The standard InChI is InChI=1S/C50H67NO4/c1-5-6-7-8-9-10-11-12-13-14-15-16-17-18-19-29-38-52-40-47(55-46-36-37-48(51-4)49(39-46)54-42(2)3)41-53-50(43-30-23-20-24-31-43,44-32-25-21-26-33-44)45-34-27-22-28-35-45/h20-28,30-37,39,42,47H,5-19,29,38,40-41H2,1-3H3/t47-/m1/s1. The van der Waals surface area contributed by atoms with Gasteiger partial charge in [0.05, 0.1) is 25.9 Å². The predicted octanol–water partition coefficient (Wildman–Crippen LogP) is 14.1. The molecular weight excluding hydrogens is 679 g/mol. The Kier molecular flexibility index (Phi) is 20.5. The van der Waals surface area contributed by atoms with Crippen molar-refractivity contribution in [1.82, 2.24) is 0 Å². The van der Waals surface area contributed by atoms with Gasteiger partial charge in [-0.2, -0.15) is 0 Å². The molecule has 4 rings (SSSR count). The Morgan fingerprint density at radius 3 is 1.44 bits per heavy atom. The second-order valence-electron chi connectivity index (χ2n) is 15.1. The zero-order chi connectivity index (χ0) is 38.8. The SMILES string of the molecule is [C-]#[N+]c1ccc(O[C@H](COCCCCCCCCCCCCCCCCCC)COC(c2ccccc2)(c2ccccc2)c2ccccc2)cc1OC(C)C. The highest BCUT2D eigenvalue weighted by molar-refractivity contribution is 5.60. The van der Waals surface area contributed by atoms with Crippen LogP contribution in [0.25, 0.3) is 4.85 Å². The van der Waals surface area contributed by atoms with E-state index in [1.807, 2.05) is 44.2 Å². The number of rotatable bonds is 29. The Balaban J connectivity index is 1.34. The Labute approximate surface area is 333 Å². The van der Waals surface area contributed by atoms with Crippen LogP contribution < -0.4 is 9.47 Å². The molecule has 0 aliphatic carbocycles. The van der Waals surface area contributed by atoms with Crippen molar-refractivity contribution in [2.24, 2.45) is 0 Å². The predicted molar refractivity (Wildman–Crippen MR) is 228 cm³/mol. The van der Waals surface area contributed by atoms with E-state index in [-0.39, 0.29) is 12.7 Å². The molecule has 0 unspecified atom stereocenters. The van der Waals surface area contributed by atoms with Crippen LogP contribution in [0.4, 0.5) is 5.69 Å². The maximum atomic E-state index is 7.64. The maximum absolute atomic E-state index is 7.64. The molecule has 0 aromatic heterocycles. The molecule has 0 heterocycles. The normalized spacial score (nSPS) is 12.1. The van der Waals surface area contributed by atoms with Crippen molar-refractivity contribution in [2.75, 3.05) is 19.8 Å². The van der Waals surface area contributed by atoms with Crippen molar-refractivity contribution in [2.45, 2.75) is 141 Å². The van der Waals surface area contributed by atoms with Crippen LogP contribution in [-0.4, -0.2) is 32.0 Å². The van der Waals surface area contributed by atoms with Crippen molar-refractivity contribution in [3.05, 3.63) is 137 Å². The van der Waals surface area contributed by atoms with Crippen molar-refractivity contribution in [3.63, 3.8) is 0 Å². The zero-order valence-electron chi connectivity index (χ0n) is 34.1. The summed E-state index contributed by atoms with van der Waals surface area (Å²) in [6.07, 6.45) is 21.0. The fraction of sp³-hybridized carbons (Fsp3) is 0.500. The first-order valence-electron chi connectivity index (χ1n) is 21.3. The Morgan fingerprint density at radius 1 is 0.545 bits per heavy atom. The third kappa shape index (κ3) is 15.2. The number of unbranched alkanes of at least 4 members (excludes halogenated alkanes) is 15. The highest BCUT2D eigenvalue weighted by atomic mass is 16.6. The summed E-state index contributed by atoms with van der Waals surface area (Å²) < 4.78 is 26.1. The van der Waals surface area contributed by atoms with E-state index in [0.29, 0.717) is 30.4 Å². The number of benzene rings is 4. The van der Waals surface area contributed by atoms with Gasteiger partial charge in [-0.3, -0.25) is 0 Å². The largest absolute Gasteiger partial charge is 0.502 e. The van der Waals surface area contributed by atoms with Gasteiger partial charge in [-0.1, -0.05) is 194 Å². The molecule has 1 atom stereocenters. The van der Waals surface area contributed by atoms with Crippen molar-refractivity contribution >= 4 is 5.69 Å². The van der Waals surface area contributed by atoms with E-state index in [2.05, 4.69) is 84.6 Å². The molecule has 0 amide bonds. The maximum Gasteiger partial charge on any atom is 0.228 e. The average molecular weight is 746 g/mol. The number of hydrogen-bond acceptors (Lipinski definition) is 4. The minimum atomic E-state index is -0.876. The second-order valence-corrected chi connectivity index (χ2v) is 15.1. The summed E-state index contributed by atoms with van der Waals surface area (Å²) >= 11 is 0. The highest BCUT2D eigenvalue weighted by Gasteiger charge is 2.38. The fourth-order valence-electron chi connectivity index (χ4n) is 7.27. The van der Waals surface area contributed by atoms with Crippen LogP contribution in [0.5, 0.6) is 11.5 Å². The highest BCUT2D eigenvalue weighted by Crippen LogP contribution is 2.41. The quantitative estimate of drug-likeness (QED) is 0.0315. The van der Waals surface area contributed by atoms with Crippen LogP contribution in [0.3, 0.4) is 0 Å². The molecule has 296 valence electrons. The molecular formula is C50H67NO4. The Hall–Kier alpha value is -4.11. The van der Waals surface area contributed by atoms with E-state index in [1.165, 1.54) is 96.3 Å². The summed E-state index contributed by atoms with van der Waals surface area (Å²) in [6.45, 7) is 15.2. The fourth-order valence-corrected chi connectivity index (χ4v) is 7.27. The zero-order valence-corrected chi connectivity index (χ0v) is 34.1. The van der Waals surface area contributed by atoms with Gasteiger partial charge in [0.1, 0.15) is 23.2 Å². The van der Waals surface area contributed by atoms with E-state index in [0.717, 1.165) is 23.1 Å². The lowest BCUT2D eigenvalue weighted by Gasteiger charge is -2.37. The third-order valence-corrected chi connectivity index (χ3v) is 10.2. The molecule has 0 aliphatic heterocycles. The van der Waals surface area contributed by atoms with Gasteiger partial charge >= 0.3 is 0 Å². The van der Waals surface area contributed by atoms with Crippen molar-refractivity contribution < 1.29 is 18.9 Å². The monoisotopic (exact) mass is 746 g/mol. The lowest BCUT2D eigenvalue weighted by molar-refractivity contribution is -0.0553. The van der Waals surface area contributed by atoms with E-state index in [4.69, 9.17) is 25.5 Å². The van der Waals surface area contributed by atoms with Crippen LogP contribution >= 0.6 is 0 Å². The van der Waals surface area contributed by atoms with Gasteiger partial charge < -0.3 is 18.9 Å². The van der Waals surface area contributed by atoms with Gasteiger partial charge in [0.15, 0.2) is 0 Å². The van der Waals surface area contributed by atoms with Crippen LogP contribution in [0, 0.1) is 6.57 Å². The molecule has 0 bridgehead atoms. The lowest BCUT2D eigenvalue weighted by Crippen LogP contribution is -2.38. The number of ether oxygens (including phenoxy) is 4. The lowest BCUT2D eigenvalue weighted by atomic mass is 9.80. The average Bonchev–Trinajstić information content (AvgIpc) is 3.21. The van der Waals surface area contributed by atoms with E-state index in [9.17, 15) is 0 Å². The molecule has 0 fully saturated rings. The molecule has 0 saturated heterocycles. The molecule has 5 nitrogen and oxygen atoms in total. The van der Waals surface area contributed by atoms with Gasteiger partial charge in [0.2, 0.25) is 5.69 Å². The van der Waals surface area contributed by atoms with Gasteiger partial charge in [-0.15, -0.1) is 0 Å². The van der Waals surface area contributed by atoms with E-state index < -0.39 is 11.7 Å². The summed E-state index contributed by atoms with van der Waals surface area (Å²) in [5.41, 5.74) is 2.70. The van der Waals surface area contributed by atoms with Crippen LogP contribution in [0.1, 0.15) is 140 Å². The minimum absolute atomic E-state index is 0.0684. The summed E-state index contributed by atoms with van der Waals surface area (Å²) in [6, 6.07) is 36.6. The van der Waals surface area contributed by atoms with E-state index >= 15 is 0 Å². The molecule has 0 saturated carbocycles. The van der Waals surface area contributed by atoms with Crippen molar-refractivity contribution in [1.29, 1.82) is 0 Å². The number of nitrogens with zero attached hydrogens (tertiary/aromatic N) is 1. The molecule has 4 aromatic rings. The molecule has 0 aliphatic rings. The van der Waals surface area contributed by atoms with Crippen LogP contribution in [0.2, 0.25) is 0 Å². The molecule has 0 radical (unpaired) electrons. The van der Waals surface area contributed by atoms with Gasteiger partial charge in [-0.25, -0.2) is 4.85 Å². The molecule has 55 heavy (non-hydrogen) atoms. The van der Waals surface area contributed by atoms with Crippen LogP contribution in [-0.2, 0) is 15.1 Å². The topological polar surface area (TPSA) is 41.3 Å². The summed E-state index contributed by atoms with van der Waals surface area (Å²) in [5, 5.41) is 0. The van der Waals surface area contributed by atoms with Gasteiger partial charge in [0, 0.05) is 12.7 Å². The summed E-state index contributed by atoms with van der Waals surface area (Å²) in [7, 11) is 0. The van der Waals surface area contributed by atoms with Gasteiger partial charge in [0.25, 0.3) is 0 Å². The first-order valence-corrected chi connectivity index (χ1v) is 21.3. The van der Waals surface area contributed by atoms with E-state index in [1.54, 1.807) is 6.07 Å². The van der Waals surface area contributed by atoms with Gasteiger partial charge in [-0.05, 0) is 49.1 Å². The first-order chi connectivity index (χ1) is 27.1. The third-order valence-electron chi connectivity index (χ3n) is 10.2. The molecule has 0 N–H and O–H groups in total. The minimum Gasteiger partial charge on any atom is -0.502 e. The Bertz CT molecular complexity index is 1500. The van der Waals surface area contributed by atoms with Crippen LogP contribution in [0.15, 0.2) is 109 Å². The number of hydrogen-bond donors (Lipinski definition) is 0. The summed E-state index contributed by atoms with van der Waals surface area (Å²) in [5.74, 6) is 1.14. The first kappa shape index (κ1) is 43.6. The van der Waals surface area contributed by atoms with Crippen molar-refractivity contribution in [3.8, 4) is 11.5 Å². The Morgan fingerprint density at radius 2 is 1.00 bits per heavy atom. The molecule has 5 heteroatoms.